The van der Waals surface area contributed by atoms with Crippen LogP contribution in [0.1, 0.15) is 25.0 Å². The third kappa shape index (κ3) is 3.30. The highest BCUT2D eigenvalue weighted by Gasteiger charge is 2.20. The molecule has 0 aliphatic rings. The van der Waals surface area contributed by atoms with Crippen molar-refractivity contribution in [3.63, 3.8) is 0 Å². The highest BCUT2D eigenvalue weighted by molar-refractivity contribution is 7.92. The quantitative estimate of drug-likeness (QED) is 0.834. The maximum atomic E-state index is 12.0. The lowest BCUT2D eigenvalue weighted by atomic mass is 10.1. The van der Waals surface area contributed by atoms with Crippen molar-refractivity contribution in [3.05, 3.63) is 29.3 Å². The molecule has 0 atom stereocenters. The topological polar surface area (TPSA) is 91.7 Å². The predicted molar refractivity (Wildman–Crippen MR) is 66.0 cm³/mol. The molecule has 1 rings (SSSR count). The summed E-state index contributed by atoms with van der Waals surface area (Å²) in [6, 6.07) is 4.22. The lowest BCUT2D eigenvalue weighted by Gasteiger charge is -2.11. The maximum absolute atomic E-state index is 12.0. The van der Waals surface area contributed by atoms with Gasteiger partial charge in [-0.1, -0.05) is 6.07 Å². The fourth-order valence-corrected chi connectivity index (χ4v) is 2.71. The largest absolute Gasteiger partial charge is 0.481 e. The highest BCUT2D eigenvalue weighted by Crippen LogP contribution is 2.20. The van der Waals surface area contributed by atoms with Crippen LogP contribution < -0.4 is 0 Å². The molecule has 0 unspecified atom stereocenters. The number of rotatable bonds is 5. The van der Waals surface area contributed by atoms with E-state index in [2.05, 4.69) is 0 Å². The van der Waals surface area contributed by atoms with Gasteiger partial charge in [0, 0.05) is 0 Å². The molecule has 1 aromatic carbocycles. The van der Waals surface area contributed by atoms with Gasteiger partial charge in [0.25, 0.3) is 0 Å². The number of hydrogen-bond acceptors (Lipinski definition) is 4. The van der Waals surface area contributed by atoms with Crippen LogP contribution >= 0.6 is 0 Å². The van der Waals surface area contributed by atoms with Crippen molar-refractivity contribution in [2.45, 2.75) is 37.0 Å². The molecule has 5 nitrogen and oxygen atoms in total. The van der Waals surface area contributed by atoms with Crippen LogP contribution in [0.4, 0.5) is 0 Å². The van der Waals surface area contributed by atoms with Crippen LogP contribution in [0.15, 0.2) is 23.1 Å². The molecule has 6 heteroatoms. The van der Waals surface area contributed by atoms with Crippen LogP contribution in [0.3, 0.4) is 0 Å². The second-order valence-electron chi connectivity index (χ2n) is 4.31. The Hall–Kier alpha value is -1.40. The van der Waals surface area contributed by atoms with Gasteiger partial charge in [0.05, 0.1) is 23.2 Å². The van der Waals surface area contributed by atoms with Crippen molar-refractivity contribution in [1.82, 2.24) is 0 Å². The van der Waals surface area contributed by atoms with Gasteiger partial charge in [0.1, 0.15) is 0 Å². The van der Waals surface area contributed by atoms with Gasteiger partial charge in [-0.25, -0.2) is 8.42 Å². The van der Waals surface area contributed by atoms with E-state index in [0.29, 0.717) is 11.1 Å². The number of aliphatic hydroxyl groups excluding tert-OH is 1. The van der Waals surface area contributed by atoms with E-state index in [4.69, 9.17) is 10.2 Å². The SMILES string of the molecule is CC(C)S(=O)(=O)c1cc(CO)cc(CC(=O)O)c1. The summed E-state index contributed by atoms with van der Waals surface area (Å²) in [5, 5.41) is 17.2. The average Bonchev–Trinajstić information content (AvgIpc) is 2.27. The number of aliphatic hydroxyl groups is 1. The first-order valence-corrected chi connectivity index (χ1v) is 7.01. The van der Waals surface area contributed by atoms with E-state index in [1.165, 1.54) is 18.2 Å². The number of carbonyl (C=O) groups is 1. The normalized spacial score (nSPS) is 11.8. The van der Waals surface area contributed by atoms with Gasteiger partial charge in [-0.3, -0.25) is 4.79 Å². The summed E-state index contributed by atoms with van der Waals surface area (Å²) in [5.74, 6) is -1.04. The summed E-state index contributed by atoms with van der Waals surface area (Å²) in [6.07, 6.45) is -0.269. The number of aliphatic carboxylic acids is 1. The molecule has 2 N–H and O–H groups in total. The van der Waals surface area contributed by atoms with Crippen molar-refractivity contribution < 1.29 is 23.4 Å². The number of sulfone groups is 1. The Morgan fingerprint density at radius 1 is 1.22 bits per heavy atom. The number of carboxylic acids is 1. The summed E-state index contributed by atoms with van der Waals surface area (Å²) < 4.78 is 24.0. The molecule has 18 heavy (non-hydrogen) atoms. The third-order valence-corrected chi connectivity index (χ3v) is 4.65. The molecule has 0 heterocycles. The van der Waals surface area contributed by atoms with Crippen LogP contribution in [0.5, 0.6) is 0 Å². The monoisotopic (exact) mass is 272 g/mol. The summed E-state index contributed by atoms with van der Waals surface area (Å²) in [6.45, 7) is 2.78. The molecule has 0 fully saturated rings. The van der Waals surface area contributed by atoms with Gasteiger partial charge in [-0.05, 0) is 37.1 Å². The van der Waals surface area contributed by atoms with Crippen LogP contribution in [-0.2, 0) is 27.7 Å². The van der Waals surface area contributed by atoms with Crippen LogP contribution in [0, 0.1) is 0 Å². The molecule has 0 aliphatic heterocycles. The maximum Gasteiger partial charge on any atom is 0.307 e. The molecule has 0 saturated heterocycles. The lowest BCUT2D eigenvalue weighted by molar-refractivity contribution is -0.136. The van der Waals surface area contributed by atoms with E-state index in [1.54, 1.807) is 13.8 Å². The first-order valence-electron chi connectivity index (χ1n) is 5.46. The second kappa shape index (κ2) is 5.49. The van der Waals surface area contributed by atoms with Gasteiger partial charge in [0.15, 0.2) is 9.84 Å². The summed E-state index contributed by atoms with van der Waals surface area (Å²) >= 11 is 0. The minimum absolute atomic E-state index is 0.0558. The van der Waals surface area contributed by atoms with Crippen molar-refractivity contribution in [1.29, 1.82) is 0 Å². The molecular weight excluding hydrogens is 256 g/mol. The molecule has 100 valence electrons. The first-order chi connectivity index (χ1) is 8.27. The Morgan fingerprint density at radius 3 is 2.22 bits per heavy atom. The van der Waals surface area contributed by atoms with E-state index < -0.39 is 21.1 Å². The zero-order valence-electron chi connectivity index (χ0n) is 10.3. The fourth-order valence-electron chi connectivity index (χ4n) is 1.53. The zero-order valence-corrected chi connectivity index (χ0v) is 11.1. The van der Waals surface area contributed by atoms with Gasteiger partial charge in [-0.2, -0.15) is 0 Å². The fraction of sp³-hybridized carbons (Fsp3) is 0.417. The number of benzene rings is 1. The standard InChI is InChI=1S/C12H16O5S/c1-8(2)18(16,17)11-4-9(6-12(14)15)3-10(5-11)7-13/h3-5,8,13H,6-7H2,1-2H3,(H,14,15). The predicted octanol–water partition coefficient (Wildman–Crippen LogP) is 0.988. The molecule has 0 amide bonds. The van der Waals surface area contributed by atoms with Crippen LogP contribution in [0.25, 0.3) is 0 Å². The van der Waals surface area contributed by atoms with Gasteiger partial charge >= 0.3 is 5.97 Å². The molecule has 0 aliphatic carbocycles. The molecule has 0 saturated carbocycles. The Labute approximate surface area is 106 Å². The van der Waals surface area contributed by atoms with E-state index in [9.17, 15) is 13.2 Å². The van der Waals surface area contributed by atoms with E-state index in [0.717, 1.165) is 0 Å². The van der Waals surface area contributed by atoms with Gasteiger partial charge in [0.2, 0.25) is 0 Å². The van der Waals surface area contributed by atoms with Gasteiger partial charge in [-0.15, -0.1) is 0 Å². The Kier molecular flexibility index (Phi) is 4.48. The van der Waals surface area contributed by atoms with Crippen molar-refractivity contribution in [3.8, 4) is 0 Å². The van der Waals surface area contributed by atoms with E-state index >= 15 is 0 Å². The average molecular weight is 272 g/mol. The van der Waals surface area contributed by atoms with Crippen LogP contribution in [-0.4, -0.2) is 29.9 Å². The molecular formula is C12H16O5S. The Morgan fingerprint density at radius 2 is 1.78 bits per heavy atom. The number of carboxylic acid groups (broad SMARTS) is 1. The van der Waals surface area contributed by atoms with Gasteiger partial charge < -0.3 is 10.2 Å². The molecule has 1 aromatic rings. The summed E-state index contributed by atoms with van der Waals surface area (Å²) in [5.41, 5.74) is 0.765. The smallest absolute Gasteiger partial charge is 0.307 e. The first kappa shape index (κ1) is 14.7. The summed E-state index contributed by atoms with van der Waals surface area (Å²) in [4.78, 5) is 10.7. The minimum Gasteiger partial charge on any atom is -0.481 e. The summed E-state index contributed by atoms with van der Waals surface area (Å²) in [7, 11) is -3.47. The molecule has 0 aromatic heterocycles. The Balaban J connectivity index is 3.33. The minimum atomic E-state index is -3.47. The lowest BCUT2D eigenvalue weighted by Crippen LogP contribution is -2.15. The van der Waals surface area contributed by atoms with Crippen molar-refractivity contribution >= 4 is 15.8 Å². The number of hydrogen-bond donors (Lipinski definition) is 2. The van der Waals surface area contributed by atoms with Crippen LogP contribution in [0.2, 0.25) is 0 Å². The molecule has 0 spiro atoms. The zero-order chi connectivity index (χ0) is 13.9. The highest BCUT2D eigenvalue weighted by atomic mass is 32.2. The van der Waals surface area contributed by atoms with Crippen molar-refractivity contribution in [2.75, 3.05) is 0 Å². The van der Waals surface area contributed by atoms with E-state index in [-0.39, 0.29) is 17.9 Å². The second-order valence-corrected chi connectivity index (χ2v) is 6.81. The molecule has 0 bridgehead atoms. The Bertz CT molecular complexity index is 546. The van der Waals surface area contributed by atoms with Crippen molar-refractivity contribution in [2.24, 2.45) is 0 Å². The third-order valence-electron chi connectivity index (χ3n) is 2.51. The van der Waals surface area contributed by atoms with E-state index in [1.807, 2.05) is 0 Å². The molecule has 0 radical (unpaired) electrons.